The molecule has 4 rings (SSSR count). The van der Waals surface area contributed by atoms with Crippen molar-refractivity contribution in [2.24, 2.45) is 0 Å². The van der Waals surface area contributed by atoms with Crippen molar-refractivity contribution in [3.63, 3.8) is 0 Å². The van der Waals surface area contributed by atoms with Crippen molar-refractivity contribution in [1.82, 2.24) is 9.55 Å². The molecule has 0 aliphatic heterocycles. The van der Waals surface area contributed by atoms with Gasteiger partial charge in [0, 0.05) is 10.6 Å². The summed E-state index contributed by atoms with van der Waals surface area (Å²) in [6, 6.07) is 24.0. The summed E-state index contributed by atoms with van der Waals surface area (Å²) in [6.45, 7) is 2.04. The molecule has 0 atom stereocenters. The number of fused-ring (bicyclic) bond motifs is 1. The second-order valence-corrected chi connectivity index (χ2v) is 8.35. The Bertz CT molecular complexity index is 1170. The maximum atomic E-state index is 13.2. The zero-order valence-electron chi connectivity index (χ0n) is 15.8. The fourth-order valence-corrected chi connectivity index (χ4v) is 4.38. The van der Waals surface area contributed by atoms with E-state index in [-0.39, 0.29) is 5.56 Å². The molecule has 3 nitrogen and oxygen atoms in total. The summed E-state index contributed by atoms with van der Waals surface area (Å²) in [5.74, 6) is 0.755. The molecule has 1 heterocycles. The minimum atomic E-state index is -0.0327. The fraction of sp³-hybridized carbons (Fsp3) is 0.130. The molecule has 0 unspecified atom stereocenters. The number of hydrogen-bond donors (Lipinski definition) is 0. The van der Waals surface area contributed by atoms with Crippen LogP contribution >= 0.6 is 23.5 Å². The minimum Gasteiger partial charge on any atom is -0.268 e. The van der Waals surface area contributed by atoms with Gasteiger partial charge in [-0.3, -0.25) is 9.36 Å². The number of para-hydroxylation sites is 1. The van der Waals surface area contributed by atoms with Gasteiger partial charge in [-0.25, -0.2) is 4.98 Å². The first-order chi connectivity index (χ1) is 13.7. The van der Waals surface area contributed by atoms with Crippen LogP contribution < -0.4 is 5.56 Å². The summed E-state index contributed by atoms with van der Waals surface area (Å²) < 4.78 is 1.72. The van der Waals surface area contributed by atoms with E-state index in [0.717, 1.165) is 22.5 Å². The monoisotopic (exact) mass is 404 g/mol. The van der Waals surface area contributed by atoms with Gasteiger partial charge in [0.25, 0.3) is 5.56 Å². The SMILES string of the molecule is CSc1ccc(CSc2nc3ccccc3c(=O)n2-c2ccc(C)cc2)cc1. The van der Waals surface area contributed by atoms with Gasteiger partial charge in [0.05, 0.1) is 16.6 Å². The molecule has 5 heteroatoms. The number of rotatable bonds is 5. The Morgan fingerprint density at radius 1 is 0.929 bits per heavy atom. The lowest BCUT2D eigenvalue weighted by atomic mass is 10.2. The highest BCUT2D eigenvalue weighted by Crippen LogP contribution is 2.25. The maximum Gasteiger partial charge on any atom is 0.266 e. The van der Waals surface area contributed by atoms with Gasteiger partial charge in [-0.05, 0) is 55.1 Å². The van der Waals surface area contributed by atoms with Gasteiger partial charge >= 0.3 is 0 Å². The Hall–Kier alpha value is -2.50. The molecular weight excluding hydrogens is 384 g/mol. The van der Waals surface area contributed by atoms with Crippen LogP contribution in [-0.2, 0) is 5.75 Å². The van der Waals surface area contributed by atoms with Gasteiger partial charge in [-0.1, -0.05) is 53.7 Å². The average molecular weight is 405 g/mol. The van der Waals surface area contributed by atoms with Crippen LogP contribution in [0, 0.1) is 6.92 Å². The Balaban J connectivity index is 1.77. The molecule has 140 valence electrons. The van der Waals surface area contributed by atoms with Crippen molar-refractivity contribution >= 4 is 34.4 Å². The first kappa shape index (κ1) is 18.8. The molecular formula is C23H20N2OS2. The first-order valence-corrected chi connectivity index (χ1v) is 11.2. The van der Waals surface area contributed by atoms with Gasteiger partial charge in [0.2, 0.25) is 0 Å². The normalized spacial score (nSPS) is 11.1. The largest absolute Gasteiger partial charge is 0.268 e. The molecule has 0 radical (unpaired) electrons. The van der Waals surface area contributed by atoms with Crippen LogP contribution in [0.1, 0.15) is 11.1 Å². The van der Waals surface area contributed by atoms with Crippen LogP contribution in [0.5, 0.6) is 0 Å². The fourth-order valence-electron chi connectivity index (χ4n) is 3.00. The molecule has 0 aliphatic rings. The van der Waals surface area contributed by atoms with Crippen molar-refractivity contribution in [2.75, 3.05) is 6.26 Å². The third-order valence-corrected chi connectivity index (χ3v) is 6.32. The predicted octanol–water partition coefficient (Wildman–Crippen LogP) is 5.71. The molecule has 0 fully saturated rings. The molecule has 0 N–H and O–H groups in total. The van der Waals surface area contributed by atoms with Crippen LogP contribution in [0.2, 0.25) is 0 Å². The quantitative estimate of drug-likeness (QED) is 0.315. The summed E-state index contributed by atoms with van der Waals surface area (Å²) in [4.78, 5) is 19.3. The Kier molecular flexibility index (Phi) is 5.55. The molecule has 0 aliphatic carbocycles. The topological polar surface area (TPSA) is 34.9 Å². The molecule has 1 aromatic heterocycles. The number of hydrogen-bond acceptors (Lipinski definition) is 4. The standard InChI is InChI=1S/C23H20N2OS2/c1-16-7-11-18(12-8-16)25-22(26)20-5-3-4-6-21(20)24-23(25)28-15-17-9-13-19(27-2)14-10-17/h3-14H,15H2,1-2H3. The van der Waals surface area contributed by atoms with E-state index in [9.17, 15) is 4.79 Å². The average Bonchev–Trinajstić information content (AvgIpc) is 2.74. The lowest BCUT2D eigenvalue weighted by Gasteiger charge is -2.13. The Morgan fingerprint density at radius 2 is 1.64 bits per heavy atom. The first-order valence-electron chi connectivity index (χ1n) is 9.00. The summed E-state index contributed by atoms with van der Waals surface area (Å²) >= 11 is 3.32. The van der Waals surface area contributed by atoms with Gasteiger partial charge in [0.15, 0.2) is 5.16 Å². The molecule has 0 amide bonds. The third kappa shape index (κ3) is 3.86. The number of benzene rings is 3. The van der Waals surface area contributed by atoms with E-state index in [0.29, 0.717) is 10.5 Å². The molecule has 0 saturated carbocycles. The maximum absolute atomic E-state index is 13.2. The van der Waals surface area contributed by atoms with E-state index in [1.165, 1.54) is 10.5 Å². The smallest absolute Gasteiger partial charge is 0.266 e. The minimum absolute atomic E-state index is 0.0327. The van der Waals surface area contributed by atoms with Gasteiger partial charge in [0.1, 0.15) is 0 Å². The number of aryl methyl sites for hydroxylation is 1. The molecule has 4 aromatic rings. The van der Waals surface area contributed by atoms with E-state index >= 15 is 0 Å². The van der Waals surface area contributed by atoms with Crippen molar-refractivity contribution in [3.05, 3.63) is 94.3 Å². The highest BCUT2D eigenvalue weighted by atomic mass is 32.2. The van der Waals surface area contributed by atoms with Crippen molar-refractivity contribution in [1.29, 1.82) is 0 Å². The lowest BCUT2D eigenvalue weighted by molar-refractivity contribution is 0.819. The Labute approximate surface area is 172 Å². The van der Waals surface area contributed by atoms with E-state index in [1.54, 1.807) is 28.1 Å². The second-order valence-electron chi connectivity index (χ2n) is 6.52. The van der Waals surface area contributed by atoms with E-state index in [2.05, 4.69) is 30.5 Å². The van der Waals surface area contributed by atoms with Crippen LogP contribution in [0.4, 0.5) is 0 Å². The van der Waals surface area contributed by atoms with E-state index in [1.807, 2.05) is 55.5 Å². The Morgan fingerprint density at radius 3 is 2.36 bits per heavy atom. The number of thioether (sulfide) groups is 2. The summed E-state index contributed by atoms with van der Waals surface area (Å²) in [6.07, 6.45) is 2.07. The zero-order valence-corrected chi connectivity index (χ0v) is 17.4. The summed E-state index contributed by atoms with van der Waals surface area (Å²) in [5.41, 5.74) is 3.91. The highest BCUT2D eigenvalue weighted by Gasteiger charge is 2.13. The second kappa shape index (κ2) is 8.25. The van der Waals surface area contributed by atoms with Gasteiger partial charge < -0.3 is 0 Å². The number of aromatic nitrogens is 2. The predicted molar refractivity (Wildman–Crippen MR) is 120 cm³/mol. The van der Waals surface area contributed by atoms with Crippen LogP contribution in [-0.4, -0.2) is 15.8 Å². The van der Waals surface area contributed by atoms with Crippen LogP contribution in [0.3, 0.4) is 0 Å². The van der Waals surface area contributed by atoms with Crippen LogP contribution in [0.25, 0.3) is 16.6 Å². The van der Waals surface area contributed by atoms with Crippen LogP contribution in [0.15, 0.2) is 87.6 Å². The summed E-state index contributed by atoms with van der Waals surface area (Å²) in [7, 11) is 0. The molecule has 28 heavy (non-hydrogen) atoms. The molecule has 0 bridgehead atoms. The number of nitrogens with zero attached hydrogens (tertiary/aromatic N) is 2. The third-order valence-electron chi connectivity index (χ3n) is 4.56. The van der Waals surface area contributed by atoms with Gasteiger partial charge in [-0.2, -0.15) is 0 Å². The van der Waals surface area contributed by atoms with E-state index < -0.39 is 0 Å². The summed E-state index contributed by atoms with van der Waals surface area (Å²) in [5, 5.41) is 1.35. The van der Waals surface area contributed by atoms with Gasteiger partial charge in [-0.15, -0.1) is 11.8 Å². The zero-order chi connectivity index (χ0) is 19.5. The van der Waals surface area contributed by atoms with Crippen molar-refractivity contribution < 1.29 is 0 Å². The lowest BCUT2D eigenvalue weighted by Crippen LogP contribution is -2.21. The highest BCUT2D eigenvalue weighted by molar-refractivity contribution is 7.98. The molecule has 3 aromatic carbocycles. The van der Waals surface area contributed by atoms with Crippen molar-refractivity contribution in [2.45, 2.75) is 22.7 Å². The molecule has 0 spiro atoms. The molecule has 0 saturated heterocycles. The van der Waals surface area contributed by atoms with Crippen molar-refractivity contribution in [3.8, 4) is 5.69 Å². The van der Waals surface area contributed by atoms with E-state index in [4.69, 9.17) is 4.98 Å².